The van der Waals surface area contributed by atoms with Gasteiger partial charge in [-0.1, -0.05) is 18.2 Å². The van der Waals surface area contributed by atoms with E-state index in [2.05, 4.69) is 54.1 Å². The van der Waals surface area contributed by atoms with Crippen LogP contribution in [0.5, 0.6) is 0 Å². The monoisotopic (exact) mass is 193 g/mol. The molecule has 0 spiro atoms. The number of benzene rings is 1. The van der Waals surface area contributed by atoms with Crippen LogP contribution in [-0.2, 0) is 0 Å². The van der Waals surface area contributed by atoms with E-state index >= 15 is 0 Å². The van der Waals surface area contributed by atoms with E-state index in [1.54, 1.807) is 0 Å². The maximum Gasteiger partial charge on any atom is 0.195 e. The third-order valence-electron chi connectivity index (χ3n) is 2.03. The molecule has 0 fully saturated rings. The molecule has 1 aromatic carbocycles. The smallest absolute Gasteiger partial charge is 0.195 e. The number of thiocarbonyl (C=S) groups is 1. The van der Waals surface area contributed by atoms with Gasteiger partial charge in [0, 0.05) is 5.16 Å². The maximum atomic E-state index is 4.55. The van der Waals surface area contributed by atoms with E-state index in [-0.39, 0.29) is 0 Å². The van der Waals surface area contributed by atoms with Crippen molar-refractivity contribution in [3.63, 3.8) is 0 Å². The fraction of sp³-hybridized carbons (Fsp3) is 0.222. The molecule has 0 heterocycles. The third kappa shape index (κ3) is 2.11. The van der Waals surface area contributed by atoms with Crippen LogP contribution in [0.1, 0.15) is 11.1 Å². The molecule has 0 saturated heterocycles. The lowest BCUT2D eigenvalue weighted by Gasteiger charge is -2.03. The molecule has 0 bridgehead atoms. The Labute approximate surface area is 80.4 Å². The van der Waals surface area contributed by atoms with Crippen molar-refractivity contribution in [2.45, 2.75) is 13.8 Å². The van der Waals surface area contributed by atoms with E-state index in [1.807, 2.05) is 0 Å². The Hall–Kier alpha value is -0.763. The second-order valence-corrected chi connectivity index (χ2v) is 4.34. The lowest BCUT2D eigenvalue weighted by atomic mass is 10.1. The van der Waals surface area contributed by atoms with Gasteiger partial charge in [0.2, 0.25) is 0 Å². The van der Waals surface area contributed by atoms with Gasteiger partial charge >= 0.3 is 0 Å². The number of hydrogen-bond donors (Lipinski definition) is 0. The molecule has 1 nitrogen and oxygen atoms in total. The van der Waals surface area contributed by atoms with E-state index in [1.165, 1.54) is 16.3 Å². The Morgan fingerprint density at radius 2 is 2.17 bits per heavy atom. The molecule has 12 heavy (non-hydrogen) atoms. The first-order chi connectivity index (χ1) is 5.75. The van der Waals surface area contributed by atoms with Crippen LogP contribution in [-0.4, -0.2) is 14.8 Å². The van der Waals surface area contributed by atoms with Crippen LogP contribution < -0.4 is 5.19 Å². The second kappa shape index (κ2) is 4.31. The molecule has 0 aliphatic heterocycles. The third-order valence-corrected chi connectivity index (χ3v) is 3.81. The molecular formula is C9H11NSSi. The van der Waals surface area contributed by atoms with Gasteiger partial charge in [-0.15, -0.1) is 0 Å². The summed E-state index contributed by atoms with van der Waals surface area (Å²) in [6, 6.07) is 6.32. The van der Waals surface area contributed by atoms with E-state index in [9.17, 15) is 0 Å². The first-order valence-corrected chi connectivity index (χ1v) is 5.59. The van der Waals surface area contributed by atoms with Gasteiger partial charge in [-0.25, -0.2) is 0 Å². The van der Waals surface area contributed by atoms with Crippen molar-refractivity contribution >= 4 is 32.2 Å². The number of hydrogen-bond acceptors (Lipinski definition) is 2. The largest absolute Gasteiger partial charge is 0.276 e. The molecule has 0 saturated carbocycles. The molecular weight excluding hydrogens is 182 g/mol. The van der Waals surface area contributed by atoms with Crippen molar-refractivity contribution in [1.82, 2.24) is 0 Å². The van der Waals surface area contributed by atoms with Crippen LogP contribution in [0.2, 0.25) is 0 Å². The zero-order valence-corrected chi connectivity index (χ0v) is 9.53. The molecule has 1 rings (SSSR count). The quantitative estimate of drug-likeness (QED) is 0.389. The summed E-state index contributed by atoms with van der Waals surface area (Å²) in [5, 5.41) is 3.80. The molecule has 0 aliphatic rings. The number of isothiocyanates is 1. The predicted octanol–water partition coefficient (Wildman–Crippen LogP) is 1.12. The molecule has 0 N–H and O–H groups in total. The van der Waals surface area contributed by atoms with E-state index in [0.717, 1.165) is 0 Å². The lowest BCUT2D eigenvalue weighted by molar-refractivity contribution is 1.36. The predicted molar refractivity (Wildman–Crippen MR) is 59.1 cm³/mol. The van der Waals surface area contributed by atoms with Crippen molar-refractivity contribution in [2.24, 2.45) is 4.66 Å². The fourth-order valence-electron chi connectivity index (χ4n) is 1.10. The molecule has 1 aromatic rings. The van der Waals surface area contributed by atoms with Gasteiger partial charge in [0.15, 0.2) is 9.68 Å². The van der Waals surface area contributed by atoms with Gasteiger partial charge in [-0.2, -0.15) is 0 Å². The minimum atomic E-state index is -0.552. The van der Waals surface area contributed by atoms with Gasteiger partial charge in [0.25, 0.3) is 0 Å². The minimum Gasteiger partial charge on any atom is -0.276 e. The number of rotatable bonds is 2. The zero-order chi connectivity index (χ0) is 8.97. The Kier molecular flexibility index (Phi) is 3.35. The highest BCUT2D eigenvalue weighted by atomic mass is 32.1. The number of nitrogens with zero attached hydrogens (tertiary/aromatic N) is 1. The van der Waals surface area contributed by atoms with E-state index in [4.69, 9.17) is 0 Å². The molecule has 0 atom stereocenters. The maximum absolute atomic E-state index is 4.55. The average molecular weight is 193 g/mol. The summed E-state index contributed by atoms with van der Waals surface area (Å²) in [5.41, 5.74) is 2.69. The van der Waals surface area contributed by atoms with Crippen molar-refractivity contribution in [1.29, 1.82) is 0 Å². The highest BCUT2D eigenvalue weighted by Gasteiger charge is 1.98. The van der Waals surface area contributed by atoms with E-state index < -0.39 is 9.68 Å². The summed E-state index contributed by atoms with van der Waals surface area (Å²) in [4.78, 5) is 0. The van der Waals surface area contributed by atoms with Crippen molar-refractivity contribution < 1.29 is 0 Å². The van der Waals surface area contributed by atoms with Crippen LogP contribution in [0.15, 0.2) is 22.9 Å². The van der Waals surface area contributed by atoms with Gasteiger partial charge in [-0.05, 0) is 42.4 Å². The van der Waals surface area contributed by atoms with Gasteiger partial charge in [0.05, 0.1) is 0 Å². The van der Waals surface area contributed by atoms with Crippen LogP contribution in [0.3, 0.4) is 0 Å². The standard InChI is InChI=1S/C9H11NSSi/c1-7-4-3-5-9(8(7)2)12-10-6-11/h3-5H,12H2,1-2H3. The zero-order valence-electron chi connectivity index (χ0n) is 7.29. The van der Waals surface area contributed by atoms with Crippen molar-refractivity contribution in [3.05, 3.63) is 29.3 Å². The molecule has 3 heteroatoms. The van der Waals surface area contributed by atoms with Crippen molar-refractivity contribution in [3.8, 4) is 0 Å². The molecule has 0 unspecified atom stereocenters. The van der Waals surface area contributed by atoms with Gasteiger partial charge in [-0.3, -0.25) is 4.66 Å². The number of aryl methyl sites for hydroxylation is 1. The van der Waals surface area contributed by atoms with Crippen molar-refractivity contribution in [2.75, 3.05) is 0 Å². The molecule has 0 aliphatic carbocycles. The normalized spacial score (nSPS) is 10.2. The van der Waals surface area contributed by atoms with Gasteiger partial charge in [0.1, 0.15) is 0 Å². The highest BCUT2D eigenvalue weighted by molar-refractivity contribution is 7.78. The summed E-state index contributed by atoms with van der Waals surface area (Å²) in [5.74, 6) is 0. The van der Waals surface area contributed by atoms with Crippen LogP contribution in [0.4, 0.5) is 0 Å². The molecule has 0 aromatic heterocycles. The minimum absolute atomic E-state index is 0.552. The summed E-state index contributed by atoms with van der Waals surface area (Å²) in [6.45, 7) is 4.25. The summed E-state index contributed by atoms with van der Waals surface area (Å²) < 4.78 is 4.05. The Bertz CT molecular complexity index is 329. The Morgan fingerprint density at radius 3 is 2.83 bits per heavy atom. The lowest BCUT2D eigenvalue weighted by Crippen LogP contribution is -2.16. The second-order valence-electron chi connectivity index (χ2n) is 2.77. The van der Waals surface area contributed by atoms with Crippen LogP contribution in [0.25, 0.3) is 0 Å². The van der Waals surface area contributed by atoms with Gasteiger partial charge < -0.3 is 0 Å². The topological polar surface area (TPSA) is 12.4 Å². The summed E-state index contributed by atoms with van der Waals surface area (Å²) >= 11 is 4.55. The molecule has 0 radical (unpaired) electrons. The molecule has 62 valence electrons. The van der Waals surface area contributed by atoms with Crippen LogP contribution >= 0.6 is 12.2 Å². The first-order valence-electron chi connectivity index (χ1n) is 3.84. The fourth-order valence-corrected chi connectivity index (χ4v) is 2.29. The highest BCUT2D eigenvalue weighted by Crippen LogP contribution is 2.01. The van der Waals surface area contributed by atoms with E-state index in [0.29, 0.717) is 0 Å². The first kappa shape index (κ1) is 9.33. The summed E-state index contributed by atoms with van der Waals surface area (Å²) in [7, 11) is -0.552. The SMILES string of the molecule is Cc1cccc([SiH2]N=C=S)c1C. The van der Waals surface area contributed by atoms with Crippen LogP contribution in [0, 0.1) is 13.8 Å². The average Bonchev–Trinajstić information content (AvgIpc) is 2.08. The Balaban J connectivity index is 2.99. The molecule has 0 amide bonds. The summed E-state index contributed by atoms with van der Waals surface area (Å²) in [6.07, 6.45) is 0. The Morgan fingerprint density at radius 1 is 1.42 bits per heavy atom.